The minimum Gasteiger partial charge on any atom is -0.497 e. The number of benzene rings is 2. The minimum atomic E-state index is -0.598. The molecule has 6 heteroatoms. The van der Waals surface area contributed by atoms with Gasteiger partial charge in [0.2, 0.25) is 0 Å². The van der Waals surface area contributed by atoms with Crippen molar-refractivity contribution in [1.29, 1.82) is 0 Å². The van der Waals surface area contributed by atoms with Crippen LogP contribution in [0.15, 0.2) is 66.9 Å². The van der Waals surface area contributed by atoms with E-state index in [1.54, 1.807) is 41.8 Å². The molecule has 3 aromatic rings. The first-order chi connectivity index (χ1) is 14.1. The van der Waals surface area contributed by atoms with Gasteiger partial charge in [0, 0.05) is 17.4 Å². The quantitative estimate of drug-likeness (QED) is 0.601. The summed E-state index contributed by atoms with van der Waals surface area (Å²) in [5, 5.41) is 0. The van der Waals surface area contributed by atoms with Crippen molar-refractivity contribution >= 4 is 17.6 Å². The van der Waals surface area contributed by atoms with Gasteiger partial charge in [0.05, 0.1) is 20.3 Å². The maximum atomic E-state index is 13.4. The van der Waals surface area contributed by atoms with E-state index in [-0.39, 0.29) is 12.5 Å². The highest BCUT2D eigenvalue weighted by molar-refractivity contribution is 6.05. The summed E-state index contributed by atoms with van der Waals surface area (Å²) in [6.07, 6.45) is 1.75. The zero-order valence-electron chi connectivity index (χ0n) is 16.4. The van der Waals surface area contributed by atoms with E-state index in [1.807, 2.05) is 48.5 Å². The molecule has 0 N–H and O–H groups in total. The Hall–Kier alpha value is -3.54. The van der Waals surface area contributed by atoms with E-state index in [2.05, 4.69) is 0 Å². The number of hydrogen-bond donors (Lipinski definition) is 0. The normalized spacial score (nSPS) is 15.3. The van der Waals surface area contributed by atoms with Gasteiger partial charge >= 0.3 is 5.97 Å². The lowest BCUT2D eigenvalue weighted by molar-refractivity contribution is -0.120. The van der Waals surface area contributed by atoms with E-state index in [1.165, 1.54) is 0 Å². The number of amides is 1. The van der Waals surface area contributed by atoms with Crippen molar-refractivity contribution in [1.82, 2.24) is 4.57 Å². The first kappa shape index (κ1) is 18.8. The second-order valence-corrected chi connectivity index (χ2v) is 6.75. The van der Waals surface area contributed by atoms with Gasteiger partial charge in [-0.25, -0.2) is 4.79 Å². The van der Waals surface area contributed by atoms with E-state index in [0.717, 1.165) is 22.6 Å². The molecule has 148 valence electrons. The fraction of sp³-hybridized carbons (Fsp3) is 0.217. The molecule has 1 aromatic heterocycles. The third-order valence-electron chi connectivity index (χ3n) is 5.06. The topological polar surface area (TPSA) is 60.8 Å². The largest absolute Gasteiger partial charge is 0.497 e. The molecular weight excluding hydrogens is 368 g/mol. The van der Waals surface area contributed by atoms with Crippen molar-refractivity contribution in [2.45, 2.75) is 19.5 Å². The summed E-state index contributed by atoms with van der Waals surface area (Å²) in [6, 6.07) is 18.2. The molecule has 0 aliphatic carbocycles. The highest BCUT2D eigenvalue weighted by Crippen LogP contribution is 2.39. The van der Waals surface area contributed by atoms with Gasteiger partial charge in [0.25, 0.3) is 5.91 Å². The number of carbonyl (C=O) groups is 2. The van der Waals surface area contributed by atoms with Crippen LogP contribution < -0.4 is 9.64 Å². The summed E-state index contributed by atoms with van der Waals surface area (Å²) in [6.45, 7) is 2.48. The standard InChI is InChI=1S/C23H22N2O4/c1-3-29-23(27)20-9-6-14-24(20)21-18-7-4-5-8-19(18)25(22(21)26)15-16-10-12-17(28-2)13-11-16/h4-14,21H,3,15H2,1-2H3. The van der Waals surface area contributed by atoms with E-state index < -0.39 is 12.0 Å². The van der Waals surface area contributed by atoms with Gasteiger partial charge in [0.1, 0.15) is 17.5 Å². The molecular formula is C23H22N2O4. The lowest BCUT2D eigenvalue weighted by Gasteiger charge is -2.19. The molecule has 0 radical (unpaired) electrons. The second-order valence-electron chi connectivity index (χ2n) is 6.75. The van der Waals surface area contributed by atoms with Crippen LogP contribution in [0, 0.1) is 0 Å². The predicted molar refractivity (Wildman–Crippen MR) is 109 cm³/mol. The van der Waals surface area contributed by atoms with E-state index in [4.69, 9.17) is 9.47 Å². The summed E-state index contributed by atoms with van der Waals surface area (Å²) < 4.78 is 12.1. The Kier molecular flexibility index (Phi) is 5.08. The molecule has 1 aliphatic rings. The van der Waals surface area contributed by atoms with Crippen LogP contribution in [0.2, 0.25) is 0 Å². The van der Waals surface area contributed by atoms with Crippen molar-refractivity contribution in [3.63, 3.8) is 0 Å². The van der Waals surface area contributed by atoms with Gasteiger partial charge in [-0.2, -0.15) is 0 Å². The summed E-state index contributed by atoms with van der Waals surface area (Å²) in [7, 11) is 1.62. The van der Waals surface area contributed by atoms with Crippen LogP contribution in [0.25, 0.3) is 0 Å². The van der Waals surface area contributed by atoms with Crippen molar-refractivity contribution in [3.8, 4) is 5.75 Å². The van der Waals surface area contributed by atoms with Crippen LogP contribution in [0.4, 0.5) is 5.69 Å². The Morgan fingerprint density at radius 2 is 1.79 bits per heavy atom. The Balaban J connectivity index is 1.70. The number of esters is 1. The van der Waals surface area contributed by atoms with Gasteiger partial charge in [-0.1, -0.05) is 30.3 Å². The molecule has 29 heavy (non-hydrogen) atoms. The highest BCUT2D eigenvalue weighted by Gasteiger charge is 2.39. The molecule has 1 unspecified atom stereocenters. The number of para-hydroxylation sites is 1. The van der Waals surface area contributed by atoms with Gasteiger partial charge in [0.15, 0.2) is 0 Å². The first-order valence-electron chi connectivity index (χ1n) is 9.51. The minimum absolute atomic E-state index is 0.0798. The van der Waals surface area contributed by atoms with Crippen LogP contribution in [-0.2, 0) is 16.1 Å². The number of aromatic nitrogens is 1. The smallest absolute Gasteiger partial charge is 0.354 e. The Morgan fingerprint density at radius 3 is 2.52 bits per heavy atom. The average Bonchev–Trinajstić information content (AvgIpc) is 3.32. The predicted octanol–water partition coefficient (Wildman–Crippen LogP) is 3.81. The van der Waals surface area contributed by atoms with E-state index >= 15 is 0 Å². The number of hydrogen-bond acceptors (Lipinski definition) is 4. The highest BCUT2D eigenvalue weighted by atomic mass is 16.5. The number of fused-ring (bicyclic) bond motifs is 1. The number of carbonyl (C=O) groups excluding carboxylic acids is 2. The van der Waals surface area contributed by atoms with Gasteiger partial charge in [-0.3, -0.25) is 4.79 Å². The lowest BCUT2D eigenvalue weighted by Crippen LogP contribution is -2.31. The van der Waals surface area contributed by atoms with Crippen LogP contribution in [0.5, 0.6) is 5.75 Å². The molecule has 0 fully saturated rings. The molecule has 0 bridgehead atoms. The second kappa shape index (κ2) is 7.83. The van der Waals surface area contributed by atoms with Gasteiger partial charge in [-0.05, 0) is 42.8 Å². The number of ether oxygens (including phenoxy) is 2. The molecule has 1 aliphatic heterocycles. The molecule has 2 heterocycles. The van der Waals surface area contributed by atoms with E-state index in [0.29, 0.717) is 12.2 Å². The van der Waals surface area contributed by atoms with Crippen molar-refractivity contribution in [3.05, 3.63) is 83.7 Å². The van der Waals surface area contributed by atoms with Crippen molar-refractivity contribution < 1.29 is 19.1 Å². The molecule has 2 aromatic carbocycles. The van der Waals surface area contributed by atoms with Crippen LogP contribution in [0.3, 0.4) is 0 Å². The fourth-order valence-electron chi connectivity index (χ4n) is 3.71. The maximum Gasteiger partial charge on any atom is 0.354 e. The zero-order valence-corrected chi connectivity index (χ0v) is 16.4. The number of rotatable bonds is 6. The number of anilines is 1. The van der Waals surface area contributed by atoms with E-state index in [9.17, 15) is 9.59 Å². The molecule has 0 saturated carbocycles. The fourth-order valence-corrected chi connectivity index (χ4v) is 3.71. The first-order valence-corrected chi connectivity index (χ1v) is 9.51. The maximum absolute atomic E-state index is 13.4. The number of methoxy groups -OCH3 is 1. The third-order valence-corrected chi connectivity index (χ3v) is 5.06. The molecule has 0 spiro atoms. The summed E-state index contributed by atoms with van der Waals surface area (Å²) in [5.74, 6) is 0.256. The SMILES string of the molecule is CCOC(=O)c1cccn1C1C(=O)N(Cc2ccc(OC)cc2)c2ccccc21. The van der Waals surface area contributed by atoms with Crippen LogP contribution in [0.1, 0.15) is 34.6 Å². The summed E-state index contributed by atoms with van der Waals surface area (Å²) >= 11 is 0. The van der Waals surface area contributed by atoms with Crippen molar-refractivity contribution in [2.75, 3.05) is 18.6 Å². The van der Waals surface area contributed by atoms with Crippen LogP contribution in [-0.4, -0.2) is 30.2 Å². The zero-order chi connectivity index (χ0) is 20.4. The average molecular weight is 390 g/mol. The monoisotopic (exact) mass is 390 g/mol. The molecule has 0 saturated heterocycles. The summed E-state index contributed by atoms with van der Waals surface area (Å²) in [4.78, 5) is 27.6. The Morgan fingerprint density at radius 1 is 1.03 bits per heavy atom. The van der Waals surface area contributed by atoms with Gasteiger partial charge < -0.3 is 18.9 Å². The van der Waals surface area contributed by atoms with Crippen molar-refractivity contribution in [2.24, 2.45) is 0 Å². The molecule has 6 nitrogen and oxygen atoms in total. The van der Waals surface area contributed by atoms with Gasteiger partial charge in [-0.15, -0.1) is 0 Å². The van der Waals surface area contributed by atoms with Crippen LogP contribution >= 0.6 is 0 Å². The molecule has 1 amide bonds. The Bertz CT molecular complexity index is 1040. The lowest BCUT2D eigenvalue weighted by atomic mass is 10.1. The molecule has 4 rings (SSSR count). The third kappa shape index (κ3) is 3.38. The molecule has 1 atom stereocenters. The summed E-state index contributed by atoms with van der Waals surface area (Å²) in [5.41, 5.74) is 3.08. The number of nitrogens with zero attached hydrogens (tertiary/aromatic N) is 2. The Labute approximate surface area is 169 Å².